The molecule has 0 amide bonds. The lowest BCUT2D eigenvalue weighted by Crippen LogP contribution is -1.94. The van der Waals surface area contributed by atoms with Gasteiger partial charge in [-0.1, -0.05) is 41.6 Å². The zero-order valence-electron chi connectivity index (χ0n) is 12.6. The molecule has 0 bridgehead atoms. The van der Waals surface area contributed by atoms with Crippen LogP contribution in [0, 0.1) is 0 Å². The van der Waals surface area contributed by atoms with Crippen molar-refractivity contribution in [2.45, 2.75) is 0 Å². The van der Waals surface area contributed by atoms with Crippen molar-refractivity contribution in [3.8, 4) is 22.6 Å². The summed E-state index contributed by atoms with van der Waals surface area (Å²) in [6.07, 6.45) is 3.42. The van der Waals surface area contributed by atoms with Gasteiger partial charge in [-0.05, 0) is 35.4 Å². The summed E-state index contributed by atoms with van der Waals surface area (Å²) in [4.78, 5) is 12.8. The number of nitrogens with one attached hydrogen (secondary N) is 1. The highest BCUT2D eigenvalue weighted by Crippen LogP contribution is 2.23. The number of benzene rings is 1. The van der Waals surface area contributed by atoms with E-state index in [1.165, 1.54) is 0 Å². The molecule has 3 heterocycles. The first-order valence-corrected chi connectivity index (χ1v) is 7.42. The second-order valence-electron chi connectivity index (χ2n) is 5.06. The first-order chi connectivity index (χ1) is 11.9. The quantitative estimate of drug-likeness (QED) is 0.614. The standard InChI is InChI=1S/C18H13N5O/c1-2-6-13(7-3-1)14-9-11-20-16(12-14)21-18-22-17(23-24-18)15-8-4-5-10-19-15/h1-12H,(H,20,21,22,23). The van der Waals surface area contributed by atoms with E-state index < -0.39 is 0 Å². The third kappa shape index (κ3) is 2.98. The number of nitrogens with zero attached hydrogens (tertiary/aromatic N) is 4. The molecular formula is C18H13N5O. The predicted molar refractivity (Wildman–Crippen MR) is 90.5 cm³/mol. The van der Waals surface area contributed by atoms with Crippen molar-refractivity contribution < 1.29 is 4.52 Å². The largest absolute Gasteiger partial charge is 0.327 e. The Morgan fingerprint density at radius 3 is 2.50 bits per heavy atom. The lowest BCUT2D eigenvalue weighted by Gasteiger charge is -2.04. The number of hydrogen-bond donors (Lipinski definition) is 1. The molecule has 1 N–H and O–H groups in total. The van der Waals surface area contributed by atoms with E-state index >= 15 is 0 Å². The van der Waals surface area contributed by atoms with Gasteiger partial charge in [0.05, 0.1) is 0 Å². The van der Waals surface area contributed by atoms with Gasteiger partial charge in [-0.25, -0.2) is 4.98 Å². The van der Waals surface area contributed by atoms with Crippen LogP contribution in [0.25, 0.3) is 22.6 Å². The van der Waals surface area contributed by atoms with Crippen LogP contribution >= 0.6 is 0 Å². The van der Waals surface area contributed by atoms with Gasteiger partial charge in [0.1, 0.15) is 11.5 Å². The first kappa shape index (κ1) is 14.1. The zero-order chi connectivity index (χ0) is 16.2. The van der Waals surface area contributed by atoms with Gasteiger partial charge >= 0.3 is 6.01 Å². The Balaban J connectivity index is 1.57. The minimum absolute atomic E-state index is 0.272. The van der Waals surface area contributed by atoms with Gasteiger partial charge < -0.3 is 4.52 Å². The van der Waals surface area contributed by atoms with Gasteiger partial charge in [-0.15, -0.1) is 0 Å². The van der Waals surface area contributed by atoms with Gasteiger partial charge in [0, 0.05) is 12.4 Å². The van der Waals surface area contributed by atoms with Gasteiger partial charge in [-0.2, -0.15) is 4.98 Å². The number of hydrogen-bond acceptors (Lipinski definition) is 6. The highest BCUT2D eigenvalue weighted by Gasteiger charge is 2.10. The van der Waals surface area contributed by atoms with E-state index in [1.807, 2.05) is 60.7 Å². The maximum absolute atomic E-state index is 5.22. The fourth-order valence-corrected chi connectivity index (χ4v) is 2.29. The smallest absolute Gasteiger partial charge is 0.315 e. The molecule has 0 unspecified atom stereocenters. The van der Waals surface area contributed by atoms with Crippen LogP contribution in [0.5, 0.6) is 0 Å². The van der Waals surface area contributed by atoms with Crippen LogP contribution in [-0.4, -0.2) is 20.1 Å². The Morgan fingerprint density at radius 2 is 1.67 bits per heavy atom. The van der Waals surface area contributed by atoms with Crippen molar-refractivity contribution in [1.82, 2.24) is 20.1 Å². The second kappa shape index (κ2) is 6.29. The average Bonchev–Trinajstić information content (AvgIpc) is 3.12. The van der Waals surface area contributed by atoms with Crippen molar-refractivity contribution in [3.63, 3.8) is 0 Å². The summed E-state index contributed by atoms with van der Waals surface area (Å²) >= 11 is 0. The minimum Gasteiger partial charge on any atom is -0.315 e. The molecule has 0 radical (unpaired) electrons. The summed E-state index contributed by atoms with van der Waals surface area (Å²) < 4.78 is 5.22. The van der Waals surface area contributed by atoms with E-state index in [2.05, 4.69) is 25.4 Å². The number of rotatable bonds is 4. The van der Waals surface area contributed by atoms with Crippen LogP contribution in [0.3, 0.4) is 0 Å². The Labute approximate surface area is 138 Å². The van der Waals surface area contributed by atoms with Gasteiger partial charge in [-0.3, -0.25) is 10.3 Å². The van der Waals surface area contributed by atoms with E-state index in [1.54, 1.807) is 12.4 Å². The lowest BCUT2D eigenvalue weighted by molar-refractivity contribution is 0.435. The Bertz CT molecular complexity index is 938. The molecule has 0 atom stereocenters. The molecule has 0 fully saturated rings. The molecule has 0 saturated heterocycles. The summed E-state index contributed by atoms with van der Waals surface area (Å²) in [7, 11) is 0. The van der Waals surface area contributed by atoms with E-state index in [0.717, 1.165) is 11.1 Å². The lowest BCUT2D eigenvalue weighted by atomic mass is 10.1. The second-order valence-corrected chi connectivity index (χ2v) is 5.06. The van der Waals surface area contributed by atoms with Crippen molar-refractivity contribution in [3.05, 3.63) is 73.1 Å². The predicted octanol–water partition coefficient (Wildman–Crippen LogP) is 3.94. The van der Waals surface area contributed by atoms with Crippen molar-refractivity contribution in [2.24, 2.45) is 0 Å². The van der Waals surface area contributed by atoms with Crippen LogP contribution in [0.15, 0.2) is 77.6 Å². The Hall–Kier alpha value is -3.54. The first-order valence-electron chi connectivity index (χ1n) is 7.42. The van der Waals surface area contributed by atoms with Crippen molar-refractivity contribution in [2.75, 3.05) is 5.32 Å². The summed E-state index contributed by atoms with van der Waals surface area (Å²) in [6, 6.07) is 19.8. The van der Waals surface area contributed by atoms with Crippen LogP contribution in [0.4, 0.5) is 11.8 Å². The van der Waals surface area contributed by atoms with Crippen molar-refractivity contribution in [1.29, 1.82) is 0 Å². The molecule has 0 aliphatic rings. The third-order valence-electron chi connectivity index (χ3n) is 3.42. The van der Waals surface area contributed by atoms with E-state index in [4.69, 9.17) is 4.52 Å². The van der Waals surface area contributed by atoms with Gasteiger partial charge in [0.15, 0.2) is 0 Å². The zero-order valence-corrected chi connectivity index (χ0v) is 12.6. The molecule has 0 spiro atoms. The Kier molecular flexibility index (Phi) is 3.69. The van der Waals surface area contributed by atoms with E-state index in [-0.39, 0.29) is 6.01 Å². The van der Waals surface area contributed by atoms with Gasteiger partial charge in [0.2, 0.25) is 5.82 Å². The molecule has 6 nitrogen and oxygen atoms in total. The summed E-state index contributed by atoms with van der Waals surface area (Å²) in [5, 5.41) is 6.95. The number of anilines is 2. The summed E-state index contributed by atoms with van der Waals surface area (Å²) in [5.41, 5.74) is 2.82. The molecule has 4 aromatic rings. The Morgan fingerprint density at radius 1 is 0.792 bits per heavy atom. The molecular weight excluding hydrogens is 302 g/mol. The molecule has 0 aliphatic carbocycles. The number of aromatic nitrogens is 4. The maximum atomic E-state index is 5.22. The fraction of sp³-hybridized carbons (Fsp3) is 0. The monoisotopic (exact) mass is 315 g/mol. The SMILES string of the molecule is c1ccc(-c2ccnc(Nc3nc(-c4ccccn4)no3)c2)cc1. The average molecular weight is 315 g/mol. The normalized spacial score (nSPS) is 10.5. The highest BCUT2D eigenvalue weighted by molar-refractivity contribution is 5.67. The third-order valence-corrected chi connectivity index (χ3v) is 3.42. The fourth-order valence-electron chi connectivity index (χ4n) is 2.29. The molecule has 3 aromatic heterocycles. The minimum atomic E-state index is 0.272. The molecule has 0 saturated carbocycles. The van der Waals surface area contributed by atoms with E-state index in [0.29, 0.717) is 17.3 Å². The van der Waals surface area contributed by atoms with Crippen LogP contribution in [-0.2, 0) is 0 Å². The molecule has 1 aromatic carbocycles. The number of pyridine rings is 2. The summed E-state index contributed by atoms with van der Waals surface area (Å²) in [5.74, 6) is 1.06. The molecule has 6 heteroatoms. The van der Waals surface area contributed by atoms with Crippen LogP contribution < -0.4 is 5.32 Å². The van der Waals surface area contributed by atoms with Gasteiger partial charge in [0.25, 0.3) is 0 Å². The van der Waals surface area contributed by atoms with E-state index in [9.17, 15) is 0 Å². The highest BCUT2D eigenvalue weighted by atomic mass is 16.5. The van der Waals surface area contributed by atoms with Crippen LogP contribution in [0.1, 0.15) is 0 Å². The summed E-state index contributed by atoms with van der Waals surface area (Å²) in [6.45, 7) is 0. The maximum Gasteiger partial charge on any atom is 0.327 e. The molecule has 24 heavy (non-hydrogen) atoms. The molecule has 0 aliphatic heterocycles. The molecule has 4 rings (SSSR count). The van der Waals surface area contributed by atoms with Crippen molar-refractivity contribution >= 4 is 11.8 Å². The molecule has 116 valence electrons. The topological polar surface area (TPSA) is 76.7 Å². The van der Waals surface area contributed by atoms with Crippen LogP contribution in [0.2, 0.25) is 0 Å².